The molecule has 0 aromatic carbocycles. The fraction of sp³-hybridized carbons (Fsp3) is 0.778. The zero-order chi connectivity index (χ0) is 18.8. The second kappa shape index (κ2) is 10.9. The van der Waals surface area contributed by atoms with Crippen molar-refractivity contribution >= 4 is 23.4 Å². The van der Waals surface area contributed by atoms with Crippen molar-refractivity contribution in [2.24, 2.45) is 11.3 Å². The van der Waals surface area contributed by atoms with Crippen LogP contribution in [0.25, 0.3) is 0 Å². The van der Waals surface area contributed by atoms with Crippen molar-refractivity contribution in [3.63, 3.8) is 0 Å². The Morgan fingerprint density at radius 2 is 1.29 bits per heavy atom. The number of carbonyl (C=O) groups excluding carboxylic acids is 4. The fourth-order valence-electron chi connectivity index (χ4n) is 1.91. The van der Waals surface area contributed by atoms with Gasteiger partial charge in [-0.25, -0.2) is 0 Å². The number of nitrogens with one attached hydrogen (secondary N) is 2. The summed E-state index contributed by atoms with van der Waals surface area (Å²) in [5, 5.41) is 5.10. The summed E-state index contributed by atoms with van der Waals surface area (Å²) in [5.41, 5.74) is -0.130. The minimum Gasteiger partial charge on any atom is -0.349 e. The molecule has 0 aliphatic rings. The summed E-state index contributed by atoms with van der Waals surface area (Å²) >= 11 is 0. The maximum Gasteiger partial charge on any atom is 0.220 e. The molecule has 0 saturated heterocycles. The molecule has 0 aliphatic carbocycles. The number of hydrogen-bond acceptors (Lipinski definition) is 4. The van der Waals surface area contributed by atoms with Crippen LogP contribution in [0.15, 0.2) is 0 Å². The smallest absolute Gasteiger partial charge is 0.220 e. The van der Waals surface area contributed by atoms with Crippen molar-refractivity contribution in [3.05, 3.63) is 0 Å². The van der Waals surface area contributed by atoms with Crippen LogP contribution in [0.3, 0.4) is 0 Å². The monoisotopic (exact) mass is 340 g/mol. The lowest BCUT2D eigenvalue weighted by Gasteiger charge is -2.16. The molecular weight excluding hydrogens is 308 g/mol. The second-order valence-electron chi connectivity index (χ2n) is 7.80. The molecule has 0 aliphatic heterocycles. The maximum absolute atomic E-state index is 11.7. The van der Waals surface area contributed by atoms with E-state index in [9.17, 15) is 19.2 Å². The van der Waals surface area contributed by atoms with Crippen molar-refractivity contribution in [1.82, 2.24) is 10.6 Å². The van der Waals surface area contributed by atoms with Crippen LogP contribution in [0.1, 0.15) is 66.7 Å². The van der Waals surface area contributed by atoms with Crippen LogP contribution in [-0.2, 0) is 19.2 Å². The highest BCUT2D eigenvalue weighted by Gasteiger charge is 2.16. The summed E-state index contributed by atoms with van der Waals surface area (Å²) in [6.45, 7) is 9.87. The second-order valence-corrected chi connectivity index (χ2v) is 7.80. The standard InChI is InChI=1S/C18H32N2O4/c1-13(2)6-7-14(21)11-19-16(23)9-8-15(22)12-20-17(24)10-18(3,4)5/h13H,6-12H2,1-5H3,(H,19,23)(H,20,24). The predicted molar refractivity (Wildman–Crippen MR) is 93.4 cm³/mol. The van der Waals surface area contributed by atoms with Gasteiger partial charge < -0.3 is 10.6 Å². The molecule has 0 fully saturated rings. The topological polar surface area (TPSA) is 92.3 Å². The van der Waals surface area contributed by atoms with Gasteiger partial charge in [-0.3, -0.25) is 19.2 Å². The van der Waals surface area contributed by atoms with Crippen molar-refractivity contribution < 1.29 is 19.2 Å². The fourth-order valence-corrected chi connectivity index (χ4v) is 1.91. The van der Waals surface area contributed by atoms with E-state index in [0.29, 0.717) is 18.8 Å². The molecule has 2 N–H and O–H groups in total. The van der Waals surface area contributed by atoms with Crippen LogP contribution in [0.2, 0.25) is 0 Å². The zero-order valence-electron chi connectivity index (χ0n) is 15.7. The van der Waals surface area contributed by atoms with Gasteiger partial charge in [-0.05, 0) is 17.8 Å². The van der Waals surface area contributed by atoms with Gasteiger partial charge in [0.25, 0.3) is 0 Å². The van der Waals surface area contributed by atoms with Gasteiger partial charge in [0.1, 0.15) is 0 Å². The van der Waals surface area contributed by atoms with Gasteiger partial charge in [0.05, 0.1) is 13.1 Å². The summed E-state index contributed by atoms with van der Waals surface area (Å²) in [5.74, 6) is -0.231. The third-order valence-electron chi connectivity index (χ3n) is 3.29. The highest BCUT2D eigenvalue weighted by molar-refractivity contribution is 5.90. The Balaban J connectivity index is 3.84. The quantitative estimate of drug-likeness (QED) is 0.602. The molecule has 138 valence electrons. The molecule has 0 aromatic rings. The van der Waals surface area contributed by atoms with Gasteiger partial charge in [-0.15, -0.1) is 0 Å². The number of hydrogen-bond donors (Lipinski definition) is 2. The van der Waals surface area contributed by atoms with Crippen molar-refractivity contribution in [2.75, 3.05) is 13.1 Å². The molecule has 6 nitrogen and oxygen atoms in total. The normalized spacial score (nSPS) is 11.2. The van der Waals surface area contributed by atoms with E-state index in [1.165, 1.54) is 0 Å². The Morgan fingerprint density at radius 1 is 0.792 bits per heavy atom. The van der Waals surface area contributed by atoms with Crippen LogP contribution in [-0.4, -0.2) is 36.5 Å². The van der Waals surface area contributed by atoms with Crippen molar-refractivity contribution in [2.45, 2.75) is 66.7 Å². The first-order valence-corrected chi connectivity index (χ1v) is 8.56. The van der Waals surface area contributed by atoms with Crippen LogP contribution in [0, 0.1) is 11.3 Å². The lowest BCUT2D eigenvalue weighted by Crippen LogP contribution is -2.33. The largest absolute Gasteiger partial charge is 0.349 e. The third-order valence-corrected chi connectivity index (χ3v) is 3.29. The summed E-state index contributed by atoms with van der Waals surface area (Å²) in [7, 11) is 0. The molecular formula is C18H32N2O4. The number of Topliss-reactive ketones (excluding diaryl/α,β-unsaturated/α-hetero) is 2. The van der Waals surface area contributed by atoms with Gasteiger partial charge in [-0.1, -0.05) is 34.6 Å². The van der Waals surface area contributed by atoms with Gasteiger partial charge in [0.15, 0.2) is 11.6 Å². The Bertz CT molecular complexity index is 450. The molecule has 0 unspecified atom stereocenters. The first kappa shape index (κ1) is 22.3. The van der Waals surface area contributed by atoms with Crippen molar-refractivity contribution in [3.8, 4) is 0 Å². The third kappa shape index (κ3) is 13.9. The van der Waals surface area contributed by atoms with Gasteiger partial charge in [0.2, 0.25) is 11.8 Å². The Morgan fingerprint density at radius 3 is 1.79 bits per heavy atom. The van der Waals surface area contributed by atoms with Gasteiger partial charge >= 0.3 is 0 Å². The minimum atomic E-state index is -0.317. The maximum atomic E-state index is 11.7. The predicted octanol–water partition coefficient (Wildman–Crippen LogP) is 2.01. The SMILES string of the molecule is CC(C)CCC(=O)CNC(=O)CCC(=O)CNC(=O)CC(C)(C)C. The van der Waals surface area contributed by atoms with E-state index in [-0.39, 0.29) is 54.7 Å². The summed E-state index contributed by atoms with van der Waals surface area (Å²) in [6, 6.07) is 0. The lowest BCUT2D eigenvalue weighted by atomic mass is 9.92. The first-order chi connectivity index (χ1) is 11.0. The number of carbonyl (C=O) groups is 4. The molecule has 0 spiro atoms. The van der Waals surface area contributed by atoms with E-state index in [1.54, 1.807) is 0 Å². The van der Waals surface area contributed by atoms with E-state index >= 15 is 0 Å². The van der Waals surface area contributed by atoms with Crippen LogP contribution in [0.4, 0.5) is 0 Å². The first-order valence-electron chi connectivity index (χ1n) is 8.56. The molecule has 0 rings (SSSR count). The number of ketones is 2. The summed E-state index contributed by atoms with van der Waals surface area (Å²) in [4.78, 5) is 46.4. The number of amides is 2. The van der Waals surface area contributed by atoms with E-state index in [0.717, 1.165) is 6.42 Å². The Labute approximate surface area is 145 Å². The molecule has 0 heterocycles. The molecule has 2 amide bonds. The van der Waals surface area contributed by atoms with Crippen LogP contribution in [0.5, 0.6) is 0 Å². The zero-order valence-corrected chi connectivity index (χ0v) is 15.7. The molecule has 0 aromatic heterocycles. The molecule has 24 heavy (non-hydrogen) atoms. The number of rotatable bonds is 11. The van der Waals surface area contributed by atoms with E-state index in [2.05, 4.69) is 10.6 Å². The van der Waals surface area contributed by atoms with E-state index < -0.39 is 0 Å². The van der Waals surface area contributed by atoms with E-state index in [4.69, 9.17) is 0 Å². The average molecular weight is 340 g/mol. The Kier molecular flexibility index (Phi) is 10.2. The van der Waals surface area contributed by atoms with Crippen molar-refractivity contribution in [1.29, 1.82) is 0 Å². The minimum absolute atomic E-state index is 0.00202. The van der Waals surface area contributed by atoms with Crippen LogP contribution < -0.4 is 10.6 Å². The molecule has 0 bridgehead atoms. The highest BCUT2D eigenvalue weighted by atomic mass is 16.2. The molecule has 0 radical (unpaired) electrons. The summed E-state index contributed by atoms with van der Waals surface area (Å²) < 4.78 is 0. The summed E-state index contributed by atoms with van der Waals surface area (Å²) in [6.07, 6.45) is 1.70. The average Bonchev–Trinajstić information content (AvgIpc) is 2.44. The Hall–Kier alpha value is -1.72. The molecule has 0 saturated carbocycles. The molecule has 0 atom stereocenters. The molecule has 6 heteroatoms. The lowest BCUT2D eigenvalue weighted by molar-refractivity contribution is -0.128. The van der Waals surface area contributed by atoms with Gasteiger partial charge in [0, 0.05) is 25.7 Å². The van der Waals surface area contributed by atoms with E-state index in [1.807, 2.05) is 34.6 Å². The van der Waals surface area contributed by atoms with Crippen LogP contribution >= 0.6 is 0 Å². The van der Waals surface area contributed by atoms with Gasteiger partial charge in [-0.2, -0.15) is 0 Å². The highest BCUT2D eigenvalue weighted by Crippen LogP contribution is 2.17.